The number of nitrogens with one attached hydrogen (secondary N) is 1. The van der Waals surface area contributed by atoms with Crippen LogP contribution in [-0.4, -0.2) is 30.0 Å². The fraction of sp³-hybridized carbons (Fsp3) is 0.192. The topological polar surface area (TPSA) is 94.7 Å². The van der Waals surface area contributed by atoms with Crippen molar-refractivity contribution in [2.75, 3.05) is 5.32 Å². The summed E-state index contributed by atoms with van der Waals surface area (Å²) in [5.74, 6) is 0.680. The number of hydrogen-bond donors (Lipinski definition) is 1. The summed E-state index contributed by atoms with van der Waals surface area (Å²) in [5, 5.41) is 3.98. The number of imidazole rings is 1. The molecule has 1 unspecified atom stereocenters. The Morgan fingerprint density at radius 3 is 2.76 bits per heavy atom. The first-order valence-corrected chi connectivity index (χ1v) is 11.2. The van der Waals surface area contributed by atoms with Crippen LogP contribution in [0.4, 0.5) is 5.82 Å². The number of benzene rings is 1. The molecule has 4 aromatic heterocycles. The Balaban J connectivity index is 1.29. The molecule has 5 heterocycles. The van der Waals surface area contributed by atoms with E-state index in [1.54, 1.807) is 34.8 Å². The maximum Gasteiger partial charge on any atom is 0.329 e. The zero-order valence-electron chi connectivity index (χ0n) is 18.4. The summed E-state index contributed by atoms with van der Waals surface area (Å²) >= 11 is 0. The third kappa shape index (κ3) is 2.50. The van der Waals surface area contributed by atoms with Crippen molar-refractivity contribution >= 4 is 33.7 Å². The SMILES string of the molecule is Cn1c(=O)n(Cc2ccc3cc4c(cc3n2)CC2(C4)C(=O)Nc3ncccc32)c2cnccc21. The van der Waals surface area contributed by atoms with Crippen LogP contribution < -0.4 is 11.0 Å². The molecule has 5 aromatic rings. The molecule has 1 amide bonds. The number of carbonyl (C=O) groups excluding carboxylic acids is 1. The molecule has 2 aliphatic rings. The number of aryl methyl sites for hydroxylation is 1. The fourth-order valence-corrected chi connectivity index (χ4v) is 5.60. The van der Waals surface area contributed by atoms with Gasteiger partial charge in [0.1, 0.15) is 5.82 Å². The van der Waals surface area contributed by atoms with Crippen molar-refractivity contribution in [1.29, 1.82) is 0 Å². The van der Waals surface area contributed by atoms with Crippen LogP contribution in [0.3, 0.4) is 0 Å². The second kappa shape index (κ2) is 6.60. The van der Waals surface area contributed by atoms with Gasteiger partial charge in [0.05, 0.1) is 40.4 Å². The Morgan fingerprint density at radius 2 is 1.88 bits per heavy atom. The number of pyridine rings is 3. The number of amides is 1. The molecule has 8 heteroatoms. The summed E-state index contributed by atoms with van der Waals surface area (Å²) in [4.78, 5) is 39.2. The van der Waals surface area contributed by atoms with Gasteiger partial charge in [-0.1, -0.05) is 12.1 Å². The Hall–Kier alpha value is -4.33. The minimum absolute atomic E-state index is 0.0130. The van der Waals surface area contributed by atoms with E-state index >= 15 is 0 Å². The second-order valence-electron chi connectivity index (χ2n) is 9.20. The van der Waals surface area contributed by atoms with E-state index in [0.29, 0.717) is 25.2 Å². The van der Waals surface area contributed by atoms with Gasteiger partial charge >= 0.3 is 5.69 Å². The first-order valence-electron chi connectivity index (χ1n) is 11.2. The van der Waals surface area contributed by atoms with Crippen LogP contribution >= 0.6 is 0 Å². The van der Waals surface area contributed by atoms with Gasteiger partial charge in [0.15, 0.2) is 0 Å². The van der Waals surface area contributed by atoms with Crippen molar-refractivity contribution in [3.8, 4) is 0 Å². The number of anilines is 1. The fourth-order valence-electron chi connectivity index (χ4n) is 5.60. The first-order chi connectivity index (χ1) is 16.5. The third-order valence-electron chi connectivity index (χ3n) is 7.31. The van der Waals surface area contributed by atoms with Gasteiger partial charge in [-0.15, -0.1) is 0 Å². The highest BCUT2D eigenvalue weighted by molar-refractivity contribution is 6.06. The largest absolute Gasteiger partial charge is 0.329 e. The summed E-state index contributed by atoms with van der Waals surface area (Å²) in [7, 11) is 1.76. The number of rotatable bonds is 2. The van der Waals surface area contributed by atoms with Crippen molar-refractivity contribution in [3.05, 3.63) is 93.9 Å². The van der Waals surface area contributed by atoms with Crippen LogP contribution in [0.5, 0.6) is 0 Å². The molecule has 1 N–H and O–H groups in total. The van der Waals surface area contributed by atoms with Gasteiger partial charge in [0, 0.05) is 30.4 Å². The summed E-state index contributed by atoms with van der Waals surface area (Å²) in [5.41, 5.74) is 5.87. The lowest BCUT2D eigenvalue weighted by Gasteiger charge is -2.20. The Labute approximate surface area is 193 Å². The summed E-state index contributed by atoms with van der Waals surface area (Å²) in [6.45, 7) is 0.361. The maximum absolute atomic E-state index is 13.0. The molecular formula is C26H20N6O2. The van der Waals surface area contributed by atoms with E-state index in [9.17, 15) is 9.59 Å². The van der Waals surface area contributed by atoms with Gasteiger partial charge in [0.25, 0.3) is 0 Å². The van der Waals surface area contributed by atoms with Crippen molar-refractivity contribution in [1.82, 2.24) is 24.1 Å². The summed E-state index contributed by atoms with van der Waals surface area (Å²) in [6, 6.07) is 14.0. The van der Waals surface area contributed by atoms with Crippen molar-refractivity contribution < 1.29 is 4.79 Å². The van der Waals surface area contributed by atoms with Gasteiger partial charge < -0.3 is 5.32 Å². The number of nitrogens with zero attached hydrogens (tertiary/aromatic N) is 5. The lowest BCUT2D eigenvalue weighted by molar-refractivity contribution is -0.120. The smallest absolute Gasteiger partial charge is 0.310 e. The first kappa shape index (κ1) is 19.2. The molecule has 1 atom stereocenters. The third-order valence-corrected chi connectivity index (χ3v) is 7.31. The predicted octanol–water partition coefficient (Wildman–Crippen LogP) is 2.72. The molecule has 0 saturated carbocycles. The van der Waals surface area contributed by atoms with E-state index in [0.717, 1.165) is 38.8 Å². The zero-order chi connectivity index (χ0) is 23.0. The molecule has 166 valence electrons. The van der Waals surface area contributed by atoms with E-state index < -0.39 is 5.41 Å². The summed E-state index contributed by atoms with van der Waals surface area (Å²) in [6.07, 6.45) is 6.39. The van der Waals surface area contributed by atoms with Gasteiger partial charge in [-0.3, -0.25) is 23.9 Å². The van der Waals surface area contributed by atoms with Crippen LogP contribution in [-0.2, 0) is 36.6 Å². The maximum atomic E-state index is 13.0. The minimum atomic E-state index is -0.602. The van der Waals surface area contributed by atoms with E-state index in [2.05, 4.69) is 27.4 Å². The summed E-state index contributed by atoms with van der Waals surface area (Å²) < 4.78 is 3.33. The van der Waals surface area contributed by atoms with Gasteiger partial charge in [-0.2, -0.15) is 0 Å². The standard InChI is InChI=1S/C26H20N6O2/c1-31-21-6-8-27-13-22(21)32(25(31)34)14-18-5-4-15-9-16-11-26(12-17(16)10-20(15)29-18)19-3-2-7-28-23(19)30-24(26)33/h2-10,13H,11-12,14H2,1H3,(H,28,30,33). The highest BCUT2D eigenvalue weighted by Crippen LogP contribution is 2.47. The molecule has 1 spiro atoms. The van der Waals surface area contributed by atoms with E-state index in [1.165, 1.54) is 5.56 Å². The number of fused-ring (bicyclic) bond motifs is 5. The molecule has 8 nitrogen and oxygen atoms in total. The van der Waals surface area contributed by atoms with Crippen molar-refractivity contribution in [2.45, 2.75) is 24.8 Å². The van der Waals surface area contributed by atoms with Crippen LogP contribution in [0, 0.1) is 0 Å². The van der Waals surface area contributed by atoms with Crippen molar-refractivity contribution in [3.63, 3.8) is 0 Å². The molecule has 0 bridgehead atoms. The van der Waals surface area contributed by atoms with Gasteiger partial charge in [0.2, 0.25) is 5.91 Å². The molecule has 0 saturated heterocycles. The normalized spacial score (nSPS) is 18.6. The average molecular weight is 448 g/mol. The van der Waals surface area contributed by atoms with Crippen LogP contribution in [0.1, 0.15) is 22.4 Å². The Bertz CT molecular complexity index is 1730. The van der Waals surface area contributed by atoms with Crippen molar-refractivity contribution in [2.24, 2.45) is 7.05 Å². The van der Waals surface area contributed by atoms with Gasteiger partial charge in [-0.05, 0) is 54.3 Å². The molecule has 0 radical (unpaired) electrons. The predicted molar refractivity (Wildman–Crippen MR) is 128 cm³/mol. The molecule has 1 aliphatic carbocycles. The average Bonchev–Trinajstić information content (AvgIpc) is 3.44. The quantitative estimate of drug-likeness (QED) is 0.448. The van der Waals surface area contributed by atoms with Gasteiger partial charge in [-0.25, -0.2) is 9.78 Å². The molecule has 1 aromatic carbocycles. The number of carbonyl (C=O) groups is 1. The molecule has 1 aliphatic heterocycles. The molecule has 0 fully saturated rings. The van der Waals surface area contributed by atoms with Crippen LogP contribution in [0.25, 0.3) is 21.9 Å². The van der Waals surface area contributed by atoms with Crippen LogP contribution in [0.2, 0.25) is 0 Å². The molecule has 7 rings (SSSR count). The second-order valence-corrected chi connectivity index (χ2v) is 9.20. The van der Waals surface area contributed by atoms with E-state index in [-0.39, 0.29) is 11.6 Å². The molecular weight excluding hydrogens is 428 g/mol. The lowest BCUT2D eigenvalue weighted by atomic mass is 9.79. The van der Waals surface area contributed by atoms with E-state index in [4.69, 9.17) is 4.98 Å². The minimum Gasteiger partial charge on any atom is -0.310 e. The van der Waals surface area contributed by atoms with Crippen LogP contribution in [0.15, 0.2) is 65.8 Å². The Kier molecular flexibility index (Phi) is 3.72. The number of hydrogen-bond acceptors (Lipinski definition) is 5. The number of aromatic nitrogens is 5. The Morgan fingerprint density at radius 1 is 1.03 bits per heavy atom. The highest BCUT2D eigenvalue weighted by Gasteiger charge is 2.51. The highest BCUT2D eigenvalue weighted by atomic mass is 16.2. The molecule has 34 heavy (non-hydrogen) atoms. The zero-order valence-corrected chi connectivity index (χ0v) is 18.4. The van der Waals surface area contributed by atoms with E-state index in [1.807, 2.05) is 30.3 Å². The monoisotopic (exact) mass is 448 g/mol. The lowest BCUT2D eigenvalue weighted by Crippen LogP contribution is -2.35.